The predicted molar refractivity (Wildman–Crippen MR) is 132 cm³/mol. The van der Waals surface area contributed by atoms with Gasteiger partial charge in [0.05, 0.1) is 36.2 Å². The third kappa shape index (κ3) is 5.85. The van der Waals surface area contributed by atoms with Gasteiger partial charge in [0.2, 0.25) is 0 Å². The molecular weight excluding hydrogens is 424 g/mol. The van der Waals surface area contributed by atoms with Gasteiger partial charge in [0.25, 0.3) is 0 Å². The minimum atomic E-state index is -0.386. The Hall–Kier alpha value is -3.39. The van der Waals surface area contributed by atoms with Crippen molar-refractivity contribution in [1.29, 1.82) is 0 Å². The normalized spacial score (nSPS) is 10.1. The number of nitrogens with one attached hydrogen (secondary N) is 1. The molecule has 0 aliphatic rings. The van der Waals surface area contributed by atoms with Crippen LogP contribution in [0.3, 0.4) is 0 Å². The predicted octanol–water partition coefficient (Wildman–Crippen LogP) is 4.88. The third-order valence-corrected chi connectivity index (χ3v) is 4.70. The van der Waals surface area contributed by atoms with E-state index in [1.807, 2.05) is 61.0 Å². The molecule has 3 rings (SSSR count). The van der Waals surface area contributed by atoms with Crippen LogP contribution in [0.1, 0.15) is 41.0 Å². The number of anilines is 2. The van der Waals surface area contributed by atoms with Crippen molar-refractivity contribution in [2.75, 3.05) is 19.5 Å². The first-order valence-electron chi connectivity index (χ1n) is 10.2. The van der Waals surface area contributed by atoms with E-state index in [1.54, 1.807) is 14.0 Å². The number of carbonyl (C=O) groups excluding carboxylic acids is 1. The molecular formula is C24H30N4O3S. The first-order chi connectivity index (χ1) is 15.2. The fourth-order valence-corrected chi connectivity index (χ4v) is 3.18. The van der Waals surface area contributed by atoms with Crippen molar-refractivity contribution in [3.05, 3.63) is 64.8 Å². The van der Waals surface area contributed by atoms with Gasteiger partial charge in [-0.3, -0.25) is 0 Å². The molecule has 1 heterocycles. The van der Waals surface area contributed by atoms with E-state index in [0.29, 0.717) is 22.0 Å². The highest BCUT2D eigenvalue weighted by Gasteiger charge is 2.20. The molecule has 0 aliphatic heterocycles. The number of nitrogens with two attached hydrogens (primary N) is 1. The van der Waals surface area contributed by atoms with E-state index in [-0.39, 0.29) is 5.97 Å². The zero-order valence-electron chi connectivity index (χ0n) is 19.4. The highest BCUT2D eigenvalue weighted by Crippen LogP contribution is 2.32. The topological polar surface area (TPSA) is 91.4 Å². The van der Waals surface area contributed by atoms with Crippen molar-refractivity contribution >= 4 is 34.7 Å². The third-order valence-electron chi connectivity index (χ3n) is 4.70. The number of nitrogens with zero attached hydrogens (tertiary/aromatic N) is 2. The number of aryl methyl sites for hydroxylation is 2. The number of para-hydroxylation sites is 2. The molecule has 0 radical (unpaired) electrons. The Morgan fingerprint density at radius 3 is 2.44 bits per heavy atom. The molecule has 0 spiro atoms. The molecule has 0 bridgehead atoms. The monoisotopic (exact) mass is 454 g/mol. The largest absolute Gasteiger partial charge is 0.494 e. The Labute approximate surface area is 194 Å². The van der Waals surface area contributed by atoms with E-state index >= 15 is 0 Å². The Kier molecular flexibility index (Phi) is 8.78. The summed E-state index contributed by atoms with van der Waals surface area (Å²) in [5, 5.41) is 8.17. The average Bonchev–Trinajstić information content (AvgIpc) is 3.09. The van der Waals surface area contributed by atoms with Crippen LogP contribution in [0.15, 0.2) is 42.5 Å². The summed E-state index contributed by atoms with van der Waals surface area (Å²) in [6.07, 6.45) is 0.792. The lowest BCUT2D eigenvalue weighted by atomic mass is 10.1. The van der Waals surface area contributed by atoms with Crippen LogP contribution >= 0.6 is 12.2 Å². The molecule has 3 N–H and O–H groups in total. The van der Waals surface area contributed by atoms with Crippen LogP contribution in [-0.4, -0.2) is 35.0 Å². The zero-order valence-corrected chi connectivity index (χ0v) is 20.2. The number of methoxy groups -OCH3 is 2. The highest BCUT2D eigenvalue weighted by molar-refractivity contribution is 7.80. The quantitative estimate of drug-likeness (QED) is 0.405. The van der Waals surface area contributed by atoms with Gasteiger partial charge in [0.1, 0.15) is 17.3 Å². The second kappa shape index (κ2) is 11.3. The summed E-state index contributed by atoms with van der Waals surface area (Å²) in [6.45, 7) is 7.70. The highest BCUT2D eigenvalue weighted by atomic mass is 32.1. The maximum absolute atomic E-state index is 12.3. The van der Waals surface area contributed by atoms with Gasteiger partial charge in [-0.25, -0.2) is 9.48 Å². The van der Waals surface area contributed by atoms with Crippen LogP contribution in [-0.2, 0) is 11.2 Å². The molecule has 3 aromatic rings. The Bertz CT molecular complexity index is 1100. The van der Waals surface area contributed by atoms with Gasteiger partial charge in [-0.1, -0.05) is 42.9 Å². The molecule has 0 aliphatic carbocycles. The molecule has 0 saturated carbocycles. The smallest absolute Gasteiger partial charge is 0.339 e. The van der Waals surface area contributed by atoms with Gasteiger partial charge < -0.3 is 20.5 Å². The van der Waals surface area contributed by atoms with Gasteiger partial charge >= 0.3 is 5.97 Å². The lowest BCUT2D eigenvalue weighted by Gasteiger charge is -2.15. The van der Waals surface area contributed by atoms with E-state index in [1.165, 1.54) is 7.11 Å². The molecule has 0 saturated heterocycles. The molecule has 0 unspecified atom stereocenters. The molecule has 32 heavy (non-hydrogen) atoms. The maximum atomic E-state index is 12.3. The number of thiocarbonyl (C=S) groups is 1. The maximum Gasteiger partial charge on any atom is 0.339 e. The molecule has 8 heteroatoms. The summed E-state index contributed by atoms with van der Waals surface area (Å²) in [5.41, 5.74) is 9.78. The summed E-state index contributed by atoms with van der Waals surface area (Å²) < 4.78 is 12.3. The first-order valence-corrected chi connectivity index (χ1v) is 10.6. The van der Waals surface area contributed by atoms with Gasteiger partial charge in [-0.15, -0.1) is 0 Å². The number of hydrogen-bond donors (Lipinski definition) is 2. The van der Waals surface area contributed by atoms with Gasteiger partial charge in [-0.05, 0) is 51.5 Å². The second-order valence-corrected chi connectivity index (χ2v) is 7.78. The van der Waals surface area contributed by atoms with Crippen molar-refractivity contribution in [3.63, 3.8) is 0 Å². The van der Waals surface area contributed by atoms with Crippen LogP contribution < -0.4 is 15.8 Å². The molecule has 0 amide bonds. The molecule has 2 aromatic carbocycles. The van der Waals surface area contributed by atoms with E-state index in [4.69, 9.17) is 20.3 Å². The number of rotatable bonds is 6. The number of ether oxygens (including phenoxy) is 2. The van der Waals surface area contributed by atoms with E-state index < -0.39 is 0 Å². The molecule has 0 fully saturated rings. The van der Waals surface area contributed by atoms with Crippen molar-refractivity contribution < 1.29 is 14.3 Å². The molecule has 7 nitrogen and oxygen atoms in total. The lowest BCUT2D eigenvalue weighted by Crippen LogP contribution is -2.09. The molecule has 1 aromatic heterocycles. The van der Waals surface area contributed by atoms with E-state index in [2.05, 4.69) is 24.5 Å². The Balaban J connectivity index is 0.000000837. The molecule has 0 atom stereocenters. The number of aromatic nitrogens is 2. The van der Waals surface area contributed by atoms with Gasteiger partial charge in [-0.2, -0.15) is 5.10 Å². The van der Waals surface area contributed by atoms with Crippen LogP contribution in [0.2, 0.25) is 0 Å². The number of benzene rings is 2. The van der Waals surface area contributed by atoms with Gasteiger partial charge in [0, 0.05) is 5.56 Å². The minimum Gasteiger partial charge on any atom is -0.494 e. The minimum absolute atomic E-state index is 0.386. The van der Waals surface area contributed by atoms with Crippen LogP contribution in [0.5, 0.6) is 5.75 Å². The van der Waals surface area contributed by atoms with Crippen molar-refractivity contribution in [3.8, 4) is 11.4 Å². The van der Waals surface area contributed by atoms with E-state index in [9.17, 15) is 4.79 Å². The van der Waals surface area contributed by atoms with Gasteiger partial charge in [0.15, 0.2) is 0 Å². The number of hydrogen-bond acceptors (Lipinski definition) is 6. The van der Waals surface area contributed by atoms with E-state index in [0.717, 1.165) is 34.7 Å². The standard InChI is InChI=1S/C22H25N3O3.C2H5NS/c1-6-17-15(3)21(25(24-17)19-9-7-8-10-20(19)27-4)23-18-12-11-14(2)13-16(18)22(26)28-5;1-2(3)4/h7-13,23H,6H2,1-5H3;1H3,(H2,3,4). The summed E-state index contributed by atoms with van der Waals surface area (Å²) in [7, 11) is 3.02. The van der Waals surface area contributed by atoms with Crippen molar-refractivity contribution in [2.45, 2.75) is 34.1 Å². The summed E-state index contributed by atoms with van der Waals surface area (Å²) in [6, 6.07) is 13.4. The second-order valence-electron chi connectivity index (χ2n) is 7.13. The van der Waals surface area contributed by atoms with Crippen molar-refractivity contribution in [2.24, 2.45) is 5.73 Å². The summed E-state index contributed by atoms with van der Waals surface area (Å²) in [4.78, 5) is 12.8. The van der Waals surface area contributed by atoms with Crippen LogP contribution in [0.25, 0.3) is 5.69 Å². The van der Waals surface area contributed by atoms with Crippen molar-refractivity contribution in [1.82, 2.24) is 9.78 Å². The Morgan fingerprint density at radius 1 is 1.19 bits per heavy atom. The zero-order chi connectivity index (χ0) is 23.8. The lowest BCUT2D eigenvalue weighted by molar-refractivity contribution is 0.0602. The first kappa shape index (κ1) is 24.9. The van der Waals surface area contributed by atoms with Crippen LogP contribution in [0, 0.1) is 13.8 Å². The number of carbonyl (C=O) groups is 1. The fraction of sp³-hybridized carbons (Fsp3) is 0.292. The molecule has 170 valence electrons. The summed E-state index contributed by atoms with van der Waals surface area (Å²) in [5.74, 6) is 1.12. The fourth-order valence-electron chi connectivity index (χ4n) is 3.18. The van der Waals surface area contributed by atoms with Crippen LogP contribution in [0.4, 0.5) is 11.5 Å². The number of esters is 1. The Morgan fingerprint density at radius 2 is 1.84 bits per heavy atom. The SMILES string of the molecule is CC(N)=S.CCc1nn(-c2ccccc2OC)c(Nc2ccc(C)cc2C(=O)OC)c1C. The summed E-state index contributed by atoms with van der Waals surface area (Å²) >= 11 is 4.31. The average molecular weight is 455 g/mol.